The summed E-state index contributed by atoms with van der Waals surface area (Å²) in [4.78, 5) is 27.1. The van der Waals surface area contributed by atoms with Gasteiger partial charge in [-0.15, -0.1) is 0 Å². The highest BCUT2D eigenvalue weighted by molar-refractivity contribution is 5.78. The molecular weight excluding hydrogens is 401 g/mol. The monoisotopic (exact) mass is 425 g/mol. The van der Waals surface area contributed by atoms with Crippen molar-refractivity contribution < 1.29 is 14.4 Å². The highest BCUT2D eigenvalue weighted by atomic mass is 19.1. The summed E-state index contributed by atoms with van der Waals surface area (Å²) in [6.07, 6.45) is 7.19. The zero-order valence-corrected chi connectivity index (χ0v) is 17.4. The number of halogens is 1. The quantitative estimate of drug-likeness (QED) is 0.495. The number of aryl methyl sites for hydroxylation is 2. The smallest absolute Gasteiger partial charge is 0.249 e. The Labute approximate surface area is 179 Å². The Bertz CT molecular complexity index is 1050. The van der Waals surface area contributed by atoms with Crippen molar-refractivity contribution in [1.82, 2.24) is 29.8 Å². The van der Waals surface area contributed by atoms with E-state index in [9.17, 15) is 14.4 Å². The molecule has 9 nitrogen and oxygen atoms in total. The van der Waals surface area contributed by atoms with Gasteiger partial charge in [0.05, 0.1) is 24.6 Å². The number of hydrogen-bond acceptors (Lipinski definition) is 7. The Hall–Kier alpha value is -3.40. The van der Waals surface area contributed by atoms with Crippen molar-refractivity contribution in [3.05, 3.63) is 53.9 Å². The van der Waals surface area contributed by atoms with Gasteiger partial charge in [0.15, 0.2) is 5.82 Å². The molecule has 0 spiro atoms. The average Bonchev–Trinajstić information content (AvgIpc) is 3.12. The van der Waals surface area contributed by atoms with Crippen molar-refractivity contribution in [2.24, 2.45) is 13.0 Å². The van der Waals surface area contributed by atoms with Crippen LogP contribution in [-0.4, -0.2) is 54.0 Å². The number of piperidine rings is 1. The van der Waals surface area contributed by atoms with Crippen LogP contribution in [-0.2, 0) is 18.4 Å². The van der Waals surface area contributed by atoms with E-state index in [4.69, 9.17) is 0 Å². The van der Waals surface area contributed by atoms with Gasteiger partial charge in [-0.3, -0.25) is 19.7 Å². The van der Waals surface area contributed by atoms with Gasteiger partial charge in [0, 0.05) is 38.4 Å². The highest BCUT2D eigenvalue weighted by Gasteiger charge is 2.30. The van der Waals surface area contributed by atoms with Crippen LogP contribution >= 0.6 is 0 Å². The number of hydroxylamine groups is 2. The molecule has 162 valence electrons. The van der Waals surface area contributed by atoms with E-state index in [1.165, 1.54) is 6.20 Å². The fourth-order valence-electron chi connectivity index (χ4n) is 3.84. The predicted molar refractivity (Wildman–Crippen MR) is 110 cm³/mol. The zero-order valence-electron chi connectivity index (χ0n) is 17.4. The van der Waals surface area contributed by atoms with Crippen molar-refractivity contribution in [1.29, 1.82) is 0 Å². The predicted octanol–water partition coefficient (Wildman–Crippen LogP) is 2.35. The zero-order chi connectivity index (χ0) is 22.0. The highest BCUT2D eigenvalue weighted by Crippen LogP contribution is 2.27. The third-order valence-corrected chi connectivity index (χ3v) is 5.51. The number of rotatable bonds is 5. The number of carbonyl (C=O) groups is 1. The summed E-state index contributed by atoms with van der Waals surface area (Å²) in [5.41, 5.74) is 2.40. The number of amides is 1. The molecule has 4 heterocycles. The first kappa shape index (κ1) is 20.9. The fraction of sp³-hybridized carbons (Fsp3) is 0.381. The average molecular weight is 425 g/mol. The lowest BCUT2D eigenvalue weighted by molar-refractivity contribution is -0.173. The minimum atomic E-state index is -0.508. The topological polar surface area (TPSA) is 100 Å². The Morgan fingerprint density at radius 1 is 1.29 bits per heavy atom. The molecule has 4 rings (SSSR count). The Morgan fingerprint density at radius 3 is 2.71 bits per heavy atom. The van der Waals surface area contributed by atoms with Crippen molar-refractivity contribution in [3.63, 3.8) is 0 Å². The van der Waals surface area contributed by atoms with E-state index < -0.39 is 5.82 Å². The van der Waals surface area contributed by atoms with Crippen LogP contribution < -0.4 is 4.90 Å². The summed E-state index contributed by atoms with van der Waals surface area (Å²) < 4.78 is 16.0. The molecule has 0 aromatic carbocycles. The van der Waals surface area contributed by atoms with Gasteiger partial charge in [0.2, 0.25) is 11.9 Å². The van der Waals surface area contributed by atoms with Crippen LogP contribution in [0.25, 0.3) is 11.4 Å². The van der Waals surface area contributed by atoms with Crippen LogP contribution in [0, 0.1) is 18.7 Å². The maximum absolute atomic E-state index is 14.4. The summed E-state index contributed by atoms with van der Waals surface area (Å²) in [6.45, 7) is 3.02. The maximum atomic E-state index is 14.4. The van der Waals surface area contributed by atoms with Gasteiger partial charge >= 0.3 is 0 Å². The number of anilines is 1. The van der Waals surface area contributed by atoms with E-state index in [2.05, 4.69) is 20.1 Å². The molecule has 0 radical (unpaired) electrons. The van der Waals surface area contributed by atoms with Gasteiger partial charge in [-0.05, 0) is 37.0 Å². The van der Waals surface area contributed by atoms with E-state index >= 15 is 0 Å². The molecule has 0 aliphatic carbocycles. The molecule has 1 amide bonds. The Morgan fingerprint density at radius 2 is 2.06 bits per heavy atom. The van der Waals surface area contributed by atoms with Gasteiger partial charge < -0.3 is 4.90 Å². The number of hydrogen-bond donors (Lipinski definition) is 1. The lowest BCUT2D eigenvalue weighted by Gasteiger charge is -2.32. The van der Waals surface area contributed by atoms with E-state index in [-0.39, 0.29) is 24.1 Å². The molecule has 3 aromatic rings. The molecule has 0 bridgehead atoms. The van der Waals surface area contributed by atoms with Crippen LogP contribution in [0.2, 0.25) is 0 Å². The second-order valence-corrected chi connectivity index (χ2v) is 7.68. The molecule has 31 heavy (non-hydrogen) atoms. The summed E-state index contributed by atoms with van der Waals surface area (Å²) in [6, 6.07) is 3.57. The number of carbonyl (C=O) groups excluding carboxylic acids is 1. The molecule has 3 aromatic heterocycles. The van der Waals surface area contributed by atoms with Gasteiger partial charge in [0.1, 0.15) is 5.69 Å². The number of nitrogens with zero attached hydrogens (tertiary/aromatic N) is 7. The molecule has 0 saturated carbocycles. The van der Waals surface area contributed by atoms with E-state index in [0.29, 0.717) is 37.6 Å². The largest absolute Gasteiger partial charge is 0.341 e. The van der Waals surface area contributed by atoms with Crippen LogP contribution in [0.4, 0.5) is 10.3 Å². The van der Waals surface area contributed by atoms with Gasteiger partial charge in [-0.2, -0.15) is 5.10 Å². The molecule has 1 aliphatic heterocycles. The van der Waals surface area contributed by atoms with Gasteiger partial charge in [-0.1, -0.05) is 6.07 Å². The standard InChI is InChI=1S/C21H24FN7O2/c1-14-10-25-27(2)19(14)18-17(22)12-24-21(26-18)28-8-5-16(6-9-28)20(30)29(31)13-15-4-3-7-23-11-15/h3-4,7,10-12,16,31H,5-6,8-9,13H2,1-2H3. The molecule has 1 aliphatic rings. The van der Waals surface area contributed by atoms with Crippen molar-refractivity contribution in [2.75, 3.05) is 18.0 Å². The Kier molecular flexibility index (Phi) is 5.90. The van der Waals surface area contributed by atoms with Crippen LogP contribution in [0.3, 0.4) is 0 Å². The first-order valence-corrected chi connectivity index (χ1v) is 10.1. The lowest BCUT2D eigenvalue weighted by atomic mass is 9.96. The fourth-order valence-corrected chi connectivity index (χ4v) is 3.84. The third kappa shape index (κ3) is 4.38. The summed E-state index contributed by atoms with van der Waals surface area (Å²) >= 11 is 0. The maximum Gasteiger partial charge on any atom is 0.249 e. The number of aromatic nitrogens is 5. The van der Waals surface area contributed by atoms with Gasteiger partial charge in [0.25, 0.3) is 0 Å². The SMILES string of the molecule is Cc1cnn(C)c1-c1nc(N2CCC(C(=O)N(O)Cc3cccnc3)CC2)ncc1F. The number of pyridine rings is 1. The molecular formula is C21H24FN7O2. The van der Waals surface area contributed by atoms with Crippen molar-refractivity contribution in [2.45, 2.75) is 26.3 Å². The molecule has 1 N–H and O–H groups in total. The van der Waals surface area contributed by atoms with Crippen molar-refractivity contribution >= 4 is 11.9 Å². The minimum Gasteiger partial charge on any atom is -0.341 e. The summed E-state index contributed by atoms with van der Waals surface area (Å²) in [5, 5.41) is 15.1. The molecule has 1 fully saturated rings. The summed E-state index contributed by atoms with van der Waals surface area (Å²) in [7, 11) is 1.74. The molecule has 0 atom stereocenters. The van der Waals surface area contributed by atoms with Crippen LogP contribution in [0.15, 0.2) is 36.9 Å². The van der Waals surface area contributed by atoms with E-state index in [1.54, 1.807) is 42.5 Å². The molecule has 1 saturated heterocycles. The molecule has 0 unspecified atom stereocenters. The van der Waals surface area contributed by atoms with Crippen molar-refractivity contribution in [3.8, 4) is 11.4 Å². The lowest BCUT2D eigenvalue weighted by Crippen LogP contribution is -2.41. The van der Waals surface area contributed by atoms with Gasteiger partial charge in [-0.25, -0.2) is 19.4 Å². The normalized spacial score (nSPS) is 14.6. The van der Waals surface area contributed by atoms with Crippen LogP contribution in [0.1, 0.15) is 24.0 Å². The Balaban J connectivity index is 1.42. The first-order valence-electron chi connectivity index (χ1n) is 10.1. The van der Waals surface area contributed by atoms with Crippen LogP contribution in [0.5, 0.6) is 0 Å². The molecule has 10 heteroatoms. The second-order valence-electron chi connectivity index (χ2n) is 7.68. The van der Waals surface area contributed by atoms with E-state index in [0.717, 1.165) is 16.2 Å². The van der Waals surface area contributed by atoms with E-state index in [1.807, 2.05) is 11.8 Å². The third-order valence-electron chi connectivity index (χ3n) is 5.51. The second kappa shape index (κ2) is 8.76. The summed E-state index contributed by atoms with van der Waals surface area (Å²) in [5.74, 6) is -0.696. The minimum absolute atomic E-state index is 0.0986. The first-order chi connectivity index (χ1) is 14.9.